The van der Waals surface area contributed by atoms with E-state index in [1.165, 1.54) is 6.42 Å². The molecule has 1 rings (SSSR count). The van der Waals surface area contributed by atoms with E-state index in [9.17, 15) is 8.42 Å². The van der Waals surface area contributed by atoms with Gasteiger partial charge < -0.3 is 5.32 Å². The van der Waals surface area contributed by atoms with Gasteiger partial charge in [-0.25, -0.2) is 8.42 Å². The van der Waals surface area contributed by atoms with E-state index in [-0.39, 0.29) is 6.04 Å². The van der Waals surface area contributed by atoms with Crippen LogP contribution in [0.1, 0.15) is 58.8 Å². The summed E-state index contributed by atoms with van der Waals surface area (Å²) >= 11 is 0. The zero-order valence-electron chi connectivity index (χ0n) is 12.5. The summed E-state index contributed by atoms with van der Waals surface area (Å²) < 4.78 is 26.6. The second-order valence-electron chi connectivity index (χ2n) is 5.43. The van der Waals surface area contributed by atoms with E-state index in [1.54, 1.807) is 4.31 Å². The Balaban J connectivity index is 2.44. The summed E-state index contributed by atoms with van der Waals surface area (Å²) in [5, 5.41) is 3.23. The molecule has 0 aliphatic carbocycles. The Labute approximate surface area is 119 Å². The zero-order valence-corrected chi connectivity index (χ0v) is 13.3. The standard InChI is InChI=1S/C14H30N2O2S/c1-3-9-14-10-5-7-12-16(14)19(17,18)13-8-6-11-15-4-2/h14-15H,3-13H2,1-2H3. The van der Waals surface area contributed by atoms with E-state index in [2.05, 4.69) is 19.2 Å². The molecule has 114 valence electrons. The summed E-state index contributed by atoms with van der Waals surface area (Å²) in [6.07, 6.45) is 7.04. The summed E-state index contributed by atoms with van der Waals surface area (Å²) in [5.41, 5.74) is 0. The fourth-order valence-electron chi connectivity index (χ4n) is 2.79. The summed E-state index contributed by atoms with van der Waals surface area (Å²) in [6, 6.07) is 0.262. The highest BCUT2D eigenvalue weighted by molar-refractivity contribution is 7.89. The van der Waals surface area contributed by atoms with Gasteiger partial charge in [0, 0.05) is 12.6 Å². The van der Waals surface area contributed by atoms with Gasteiger partial charge in [0.05, 0.1) is 5.75 Å². The van der Waals surface area contributed by atoms with Crippen LogP contribution in [0, 0.1) is 0 Å². The minimum absolute atomic E-state index is 0.262. The summed E-state index contributed by atoms with van der Waals surface area (Å²) in [7, 11) is -3.04. The van der Waals surface area contributed by atoms with Crippen LogP contribution in [0.2, 0.25) is 0 Å². The van der Waals surface area contributed by atoms with Gasteiger partial charge >= 0.3 is 0 Å². The Morgan fingerprint density at radius 3 is 2.68 bits per heavy atom. The van der Waals surface area contributed by atoms with Crippen molar-refractivity contribution in [3.63, 3.8) is 0 Å². The molecule has 1 fully saturated rings. The summed E-state index contributed by atoms with van der Waals surface area (Å²) in [4.78, 5) is 0. The lowest BCUT2D eigenvalue weighted by atomic mass is 10.0. The molecule has 0 aromatic heterocycles. The Morgan fingerprint density at radius 2 is 2.00 bits per heavy atom. The fraction of sp³-hybridized carbons (Fsp3) is 1.00. The van der Waals surface area contributed by atoms with Crippen LogP contribution in [0.4, 0.5) is 0 Å². The highest BCUT2D eigenvalue weighted by atomic mass is 32.2. The van der Waals surface area contributed by atoms with Crippen molar-refractivity contribution in [1.29, 1.82) is 0 Å². The molecule has 5 heteroatoms. The molecule has 4 nitrogen and oxygen atoms in total. The van der Waals surface area contributed by atoms with Crippen LogP contribution >= 0.6 is 0 Å². The Bertz CT molecular complexity index is 328. The van der Waals surface area contributed by atoms with Gasteiger partial charge in [0.2, 0.25) is 10.0 Å². The molecule has 1 aliphatic rings. The van der Waals surface area contributed by atoms with E-state index in [0.717, 1.165) is 58.2 Å². The molecular weight excluding hydrogens is 260 g/mol. The minimum Gasteiger partial charge on any atom is -0.317 e. The number of nitrogens with one attached hydrogen (secondary N) is 1. The average Bonchev–Trinajstić information content (AvgIpc) is 2.39. The van der Waals surface area contributed by atoms with Crippen molar-refractivity contribution in [3.05, 3.63) is 0 Å². The minimum atomic E-state index is -3.04. The third-order valence-electron chi connectivity index (χ3n) is 3.81. The van der Waals surface area contributed by atoms with E-state index < -0.39 is 10.0 Å². The Kier molecular flexibility index (Phi) is 7.95. The third-order valence-corrected chi connectivity index (χ3v) is 5.81. The quantitative estimate of drug-likeness (QED) is 0.663. The normalized spacial score (nSPS) is 21.7. The predicted octanol–water partition coefficient (Wildman–Crippen LogP) is 2.36. The SMILES string of the molecule is CCCC1CCCCN1S(=O)(=O)CCCCNCC. The van der Waals surface area contributed by atoms with Gasteiger partial charge in [-0.2, -0.15) is 4.31 Å². The molecule has 1 heterocycles. The van der Waals surface area contributed by atoms with Crippen LogP contribution in [0.5, 0.6) is 0 Å². The second kappa shape index (κ2) is 8.93. The van der Waals surface area contributed by atoms with Crippen molar-refractivity contribution in [2.45, 2.75) is 64.8 Å². The van der Waals surface area contributed by atoms with Crippen molar-refractivity contribution in [1.82, 2.24) is 9.62 Å². The molecule has 1 atom stereocenters. The van der Waals surface area contributed by atoms with Crippen molar-refractivity contribution in [2.24, 2.45) is 0 Å². The Morgan fingerprint density at radius 1 is 1.21 bits per heavy atom. The van der Waals surface area contributed by atoms with Crippen molar-refractivity contribution < 1.29 is 8.42 Å². The van der Waals surface area contributed by atoms with Crippen molar-refractivity contribution in [3.8, 4) is 0 Å². The van der Waals surface area contributed by atoms with Crippen LogP contribution in [-0.4, -0.2) is 44.2 Å². The smallest absolute Gasteiger partial charge is 0.214 e. The van der Waals surface area contributed by atoms with Gasteiger partial charge in [-0.05, 0) is 45.2 Å². The first-order chi connectivity index (χ1) is 9.11. The van der Waals surface area contributed by atoms with Crippen LogP contribution in [0.25, 0.3) is 0 Å². The highest BCUT2D eigenvalue weighted by Gasteiger charge is 2.30. The average molecular weight is 290 g/mol. The molecule has 1 saturated heterocycles. The maximum Gasteiger partial charge on any atom is 0.214 e. The summed E-state index contributed by atoms with van der Waals surface area (Å²) in [5.74, 6) is 0.318. The number of rotatable bonds is 9. The van der Waals surface area contributed by atoms with E-state index in [4.69, 9.17) is 0 Å². The molecule has 0 saturated carbocycles. The predicted molar refractivity (Wildman–Crippen MR) is 80.8 cm³/mol. The first-order valence-corrected chi connectivity index (χ1v) is 9.43. The van der Waals surface area contributed by atoms with Gasteiger partial charge in [-0.1, -0.05) is 26.7 Å². The lowest BCUT2D eigenvalue weighted by Crippen LogP contribution is -2.44. The molecule has 1 aliphatic heterocycles. The molecule has 0 radical (unpaired) electrons. The van der Waals surface area contributed by atoms with E-state index >= 15 is 0 Å². The molecule has 0 spiro atoms. The monoisotopic (exact) mass is 290 g/mol. The molecule has 0 aromatic rings. The summed E-state index contributed by atoms with van der Waals surface area (Å²) in [6.45, 7) is 6.82. The molecule has 19 heavy (non-hydrogen) atoms. The van der Waals surface area contributed by atoms with Gasteiger partial charge in [0.15, 0.2) is 0 Å². The van der Waals surface area contributed by atoms with E-state index in [1.807, 2.05) is 0 Å². The van der Waals surface area contributed by atoms with Gasteiger partial charge in [-0.15, -0.1) is 0 Å². The number of nitrogens with zero attached hydrogens (tertiary/aromatic N) is 1. The van der Waals surface area contributed by atoms with E-state index in [0.29, 0.717) is 5.75 Å². The first kappa shape index (κ1) is 16.9. The highest BCUT2D eigenvalue weighted by Crippen LogP contribution is 2.24. The molecular formula is C14H30N2O2S. The lowest BCUT2D eigenvalue weighted by molar-refractivity contribution is 0.239. The third kappa shape index (κ3) is 5.79. The Hall–Kier alpha value is -0.130. The number of piperidine rings is 1. The maximum absolute atomic E-state index is 12.4. The fourth-order valence-corrected chi connectivity index (χ4v) is 4.67. The number of hydrogen-bond acceptors (Lipinski definition) is 3. The van der Waals surface area contributed by atoms with Crippen molar-refractivity contribution >= 4 is 10.0 Å². The molecule has 0 aromatic carbocycles. The van der Waals surface area contributed by atoms with Gasteiger partial charge in [0.1, 0.15) is 0 Å². The number of hydrogen-bond donors (Lipinski definition) is 1. The molecule has 0 bridgehead atoms. The van der Waals surface area contributed by atoms with Gasteiger partial charge in [-0.3, -0.25) is 0 Å². The zero-order chi connectivity index (χ0) is 14.1. The van der Waals surface area contributed by atoms with Crippen molar-refractivity contribution in [2.75, 3.05) is 25.4 Å². The second-order valence-corrected chi connectivity index (χ2v) is 7.47. The number of unbranched alkanes of at least 4 members (excludes halogenated alkanes) is 1. The van der Waals surface area contributed by atoms with Gasteiger partial charge in [0.25, 0.3) is 0 Å². The lowest BCUT2D eigenvalue weighted by Gasteiger charge is -2.34. The molecule has 1 N–H and O–H groups in total. The van der Waals surface area contributed by atoms with Crippen LogP contribution in [0.15, 0.2) is 0 Å². The number of sulfonamides is 1. The molecule has 0 amide bonds. The van der Waals surface area contributed by atoms with Crippen LogP contribution in [-0.2, 0) is 10.0 Å². The maximum atomic E-state index is 12.4. The largest absolute Gasteiger partial charge is 0.317 e. The van der Waals surface area contributed by atoms with Crippen LogP contribution in [0.3, 0.4) is 0 Å². The topological polar surface area (TPSA) is 49.4 Å². The molecule has 1 unspecified atom stereocenters. The first-order valence-electron chi connectivity index (χ1n) is 7.82. The van der Waals surface area contributed by atoms with Crippen LogP contribution < -0.4 is 5.32 Å².